The van der Waals surface area contributed by atoms with Crippen LogP contribution >= 0.6 is 34.5 Å². The van der Waals surface area contributed by atoms with Crippen LogP contribution in [0.25, 0.3) is 10.2 Å². The monoisotopic (exact) mass is 337 g/mol. The lowest BCUT2D eigenvalue weighted by Gasteiger charge is -2.02. The van der Waals surface area contributed by atoms with E-state index in [1.165, 1.54) is 23.6 Å². The number of fused-ring (bicyclic) bond motifs is 1. The van der Waals surface area contributed by atoms with Gasteiger partial charge in [-0.2, -0.15) is 5.10 Å². The molecule has 0 amide bonds. The van der Waals surface area contributed by atoms with Crippen molar-refractivity contribution in [3.05, 3.63) is 52.0 Å². The van der Waals surface area contributed by atoms with E-state index >= 15 is 0 Å². The van der Waals surface area contributed by atoms with Crippen molar-refractivity contribution in [2.24, 2.45) is 5.10 Å². The Balaban J connectivity index is 1.81. The molecule has 0 saturated carbocycles. The van der Waals surface area contributed by atoms with Crippen LogP contribution in [0, 0.1) is 0 Å². The lowest BCUT2D eigenvalue weighted by Crippen LogP contribution is -1.90. The Morgan fingerprint density at radius 2 is 2.05 bits per heavy atom. The van der Waals surface area contributed by atoms with E-state index in [1.807, 2.05) is 24.3 Å². The van der Waals surface area contributed by atoms with Crippen molar-refractivity contribution in [1.82, 2.24) is 4.98 Å². The second-order valence-corrected chi connectivity index (χ2v) is 6.06. The topological polar surface area (TPSA) is 57.5 Å². The number of rotatable bonds is 3. The largest absolute Gasteiger partial charge is 0.506 e. The van der Waals surface area contributed by atoms with Crippen LogP contribution in [-0.4, -0.2) is 16.3 Å². The first-order valence-corrected chi connectivity index (χ1v) is 7.53. The Kier molecular flexibility index (Phi) is 3.96. The highest BCUT2D eigenvalue weighted by Crippen LogP contribution is 2.30. The maximum absolute atomic E-state index is 9.81. The average molecular weight is 338 g/mol. The molecule has 2 aromatic carbocycles. The van der Waals surface area contributed by atoms with Crippen LogP contribution in [0.15, 0.2) is 41.5 Å². The molecule has 0 saturated heterocycles. The second kappa shape index (κ2) is 5.89. The van der Waals surface area contributed by atoms with Gasteiger partial charge in [0.05, 0.1) is 21.5 Å². The Morgan fingerprint density at radius 3 is 2.86 bits per heavy atom. The highest BCUT2D eigenvalue weighted by molar-refractivity contribution is 7.22. The van der Waals surface area contributed by atoms with Gasteiger partial charge in [-0.15, -0.1) is 0 Å². The van der Waals surface area contributed by atoms with Crippen LogP contribution in [0.4, 0.5) is 5.13 Å². The van der Waals surface area contributed by atoms with E-state index in [4.69, 9.17) is 23.2 Å². The molecule has 0 fully saturated rings. The number of para-hydroxylation sites is 1. The number of aromatic hydroxyl groups is 1. The number of hydrogen-bond acceptors (Lipinski definition) is 5. The van der Waals surface area contributed by atoms with Crippen molar-refractivity contribution in [2.45, 2.75) is 0 Å². The standard InChI is InChI=1S/C14H9Cl2N3OS/c15-9-5-8(13(20)10(16)6-9)7-17-19-14-18-11-3-1-2-4-12(11)21-14/h1-7,20H,(H,18,19). The van der Waals surface area contributed by atoms with E-state index in [1.54, 1.807) is 6.07 Å². The van der Waals surface area contributed by atoms with E-state index in [2.05, 4.69) is 15.5 Å². The summed E-state index contributed by atoms with van der Waals surface area (Å²) in [5, 5.41) is 15.1. The molecule has 1 heterocycles. The molecule has 0 radical (unpaired) electrons. The van der Waals surface area contributed by atoms with Gasteiger partial charge in [0.1, 0.15) is 5.75 Å². The molecule has 0 aliphatic rings. The molecule has 3 aromatic rings. The van der Waals surface area contributed by atoms with Crippen LogP contribution in [0.3, 0.4) is 0 Å². The summed E-state index contributed by atoms with van der Waals surface area (Å²) in [5.74, 6) is -0.0593. The molecule has 0 unspecified atom stereocenters. The minimum absolute atomic E-state index is 0.0593. The van der Waals surface area contributed by atoms with Gasteiger partial charge in [0.15, 0.2) is 0 Å². The van der Waals surface area contributed by atoms with Crippen molar-refractivity contribution in [3.8, 4) is 5.75 Å². The molecule has 0 aliphatic heterocycles. The van der Waals surface area contributed by atoms with Gasteiger partial charge in [-0.3, -0.25) is 5.43 Å². The third-order valence-electron chi connectivity index (χ3n) is 2.72. The average Bonchev–Trinajstić information content (AvgIpc) is 2.86. The fraction of sp³-hybridized carbons (Fsp3) is 0. The van der Waals surface area contributed by atoms with Crippen LogP contribution in [0.5, 0.6) is 5.75 Å². The molecule has 0 spiro atoms. The summed E-state index contributed by atoms with van der Waals surface area (Å²) in [6.07, 6.45) is 1.44. The zero-order chi connectivity index (χ0) is 14.8. The molecule has 0 aliphatic carbocycles. The van der Waals surface area contributed by atoms with Crippen molar-refractivity contribution in [1.29, 1.82) is 0 Å². The Labute approximate surface area is 134 Å². The predicted molar refractivity (Wildman–Crippen MR) is 89.0 cm³/mol. The number of halogens is 2. The van der Waals surface area contributed by atoms with E-state index in [-0.39, 0.29) is 10.8 Å². The third-order valence-corrected chi connectivity index (χ3v) is 4.16. The molecule has 3 rings (SSSR count). The third kappa shape index (κ3) is 3.10. The molecule has 1 aromatic heterocycles. The molecule has 0 bridgehead atoms. The van der Waals surface area contributed by atoms with Crippen LogP contribution in [-0.2, 0) is 0 Å². The quantitative estimate of drug-likeness (QED) is 0.535. The van der Waals surface area contributed by atoms with Crippen LogP contribution in [0.2, 0.25) is 10.0 Å². The Bertz CT molecular complexity index is 799. The summed E-state index contributed by atoms with van der Waals surface area (Å²) >= 11 is 13.2. The van der Waals surface area contributed by atoms with Gasteiger partial charge >= 0.3 is 0 Å². The summed E-state index contributed by atoms with van der Waals surface area (Å²) < 4.78 is 1.07. The fourth-order valence-corrected chi connectivity index (χ4v) is 3.09. The number of benzene rings is 2. The van der Waals surface area contributed by atoms with E-state index < -0.39 is 0 Å². The van der Waals surface area contributed by atoms with Crippen LogP contribution < -0.4 is 5.43 Å². The molecular formula is C14H9Cl2N3OS. The van der Waals surface area contributed by atoms with E-state index in [0.29, 0.717) is 15.7 Å². The first-order valence-electron chi connectivity index (χ1n) is 5.96. The first-order chi connectivity index (χ1) is 10.1. The second-order valence-electron chi connectivity index (χ2n) is 4.18. The predicted octanol–water partition coefficient (Wildman–Crippen LogP) is 4.75. The number of phenols is 1. The molecule has 7 heteroatoms. The SMILES string of the molecule is Oc1c(Cl)cc(Cl)cc1C=NNc1nc2ccccc2s1. The van der Waals surface area contributed by atoms with Gasteiger partial charge in [0.25, 0.3) is 0 Å². The number of hydrogen-bond donors (Lipinski definition) is 2. The van der Waals surface area contributed by atoms with Gasteiger partial charge in [-0.05, 0) is 24.3 Å². The van der Waals surface area contributed by atoms with Crippen molar-refractivity contribution >= 4 is 56.1 Å². The number of thiazole rings is 1. The molecule has 2 N–H and O–H groups in total. The number of phenolic OH excluding ortho intramolecular Hbond substituents is 1. The molecule has 106 valence electrons. The Morgan fingerprint density at radius 1 is 1.24 bits per heavy atom. The number of aromatic nitrogens is 1. The normalized spacial score (nSPS) is 11.3. The fourth-order valence-electron chi connectivity index (χ4n) is 1.76. The zero-order valence-corrected chi connectivity index (χ0v) is 12.9. The number of nitrogens with one attached hydrogen (secondary N) is 1. The number of nitrogens with zero attached hydrogens (tertiary/aromatic N) is 2. The lowest BCUT2D eigenvalue weighted by atomic mass is 10.2. The smallest absolute Gasteiger partial charge is 0.204 e. The van der Waals surface area contributed by atoms with Gasteiger partial charge < -0.3 is 5.11 Å². The molecule has 0 atom stereocenters. The summed E-state index contributed by atoms with van der Waals surface area (Å²) in [6.45, 7) is 0. The number of hydrazone groups is 1. The van der Waals surface area contributed by atoms with Gasteiger partial charge in [-0.1, -0.05) is 46.7 Å². The van der Waals surface area contributed by atoms with E-state index in [0.717, 1.165) is 10.2 Å². The van der Waals surface area contributed by atoms with E-state index in [9.17, 15) is 5.11 Å². The minimum atomic E-state index is -0.0593. The highest BCUT2D eigenvalue weighted by atomic mass is 35.5. The van der Waals surface area contributed by atoms with Gasteiger partial charge in [0, 0.05) is 10.6 Å². The highest BCUT2D eigenvalue weighted by Gasteiger charge is 2.06. The summed E-state index contributed by atoms with van der Waals surface area (Å²) in [6, 6.07) is 10.9. The molecular weight excluding hydrogens is 329 g/mol. The molecule has 4 nitrogen and oxygen atoms in total. The summed E-state index contributed by atoms with van der Waals surface area (Å²) in [4.78, 5) is 4.38. The zero-order valence-electron chi connectivity index (χ0n) is 10.5. The van der Waals surface area contributed by atoms with Gasteiger partial charge in [-0.25, -0.2) is 4.98 Å². The summed E-state index contributed by atoms with van der Waals surface area (Å²) in [5.41, 5.74) is 4.17. The van der Waals surface area contributed by atoms with Crippen molar-refractivity contribution in [2.75, 3.05) is 5.43 Å². The van der Waals surface area contributed by atoms with Crippen molar-refractivity contribution in [3.63, 3.8) is 0 Å². The first kappa shape index (κ1) is 14.1. The van der Waals surface area contributed by atoms with Gasteiger partial charge in [0.2, 0.25) is 5.13 Å². The minimum Gasteiger partial charge on any atom is -0.506 e. The molecule has 21 heavy (non-hydrogen) atoms. The van der Waals surface area contributed by atoms with Crippen LogP contribution in [0.1, 0.15) is 5.56 Å². The maximum Gasteiger partial charge on any atom is 0.204 e. The van der Waals surface area contributed by atoms with Crippen molar-refractivity contribution < 1.29 is 5.11 Å². The maximum atomic E-state index is 9.81. The summed E-state index contributed by atoms with van der Waals surface area (Å²) in [7, 11) is 0. The Hall–Kier alpha value is -1.82. The number of anilines is 1. The lowest BCUT2D eigenvalue weighted by molar-refractivity contribution is 0.475.